The van der Waals surface area contributed by atoms with Gasteiger partial charge in [-0.05, 0) is 12.6 Å². The van der Waals surface area contributed by atoms with E-state index in [1.165, 1.54) is 7.11 Å². The van der Waals surface area contributed by atoms with Crippen LogP contribution in [-0.4, -0.2) is 43.2 Å². The van der Waals surface area contributed by atoms with Crippen LogP contribution in [-0.2, 0) is 11.3 Å². The summed E-state index contributed by atoms with van der Waals surface area (Å²) in [6.45, 7) is 3.51. The lowest BCUT2D eigenvalue weighted by molar-refractivity contribution is -0.121. The number of nitrogens with one attached hydrogen (secondary N) is 1. The fourth-order valence-electron chi connectivity index (χ4n) is 1.66. The molecule has 18 heavy (non-hydrogen) atoms. The average Bonchev–Trinajstić information content (AvgIpc) is 2.39. The monoisotopic (exact) mass is 252 g/mol. The first-order valence-corrected chi connectivity index (χ1v) is 5.90. The van der Waals surface area contributed by atoms with E-state index in [-0.39, 0.29) is 11.7 Å². The third kappa shape index (κ3) is 3.63. The molecule has 0 saturated heterocycles. The van der Waals surface area contributed by atoms with Crippen LogP contribution < -0.4 is 10.1 Å². The Labute approximate surface area is 107 Å². The molecule has 0 aromatic heterocycles. The largest absolute Gasteiger partial charge is 0.504 e. The van der Waals surface area contributed by atoms with Crippen molar-refractivity contribution in [2.45, 2.75) is 13.5 Å². The van der Waals surface area contributed by atoms with E-state index >= 15 is 0 Å². The van der Waals surface area contributed by atoms with Crippen molar-refractivity contribution in [2.75, 3.05) is 27.2 Å². The lowest BCUT2D eigenvalue weighted by Gasteiger charge is -2.20. The van der Waals surface area contributed by atoms with Crippen LogP contribution in [0.1, 0.15) is 12.5 Å². The molecule has 0 fully saturated rings. The highest BCUT2D eigenvalue weighted by molar-refractivity contribution is 5.77. The van der Waals surface area contributed by atoms with Gasteiger partial charge in [0.05, 0.1) is 13.7 Å². The molecule has 0 atom stereocenters. The number of nitrogens with zero attached hydrogens (tertiary/aromatic N) is 1. The summed E-state index contributed by atoms with van der Waals surface area (Å²) < 4.78 is 5.06. The molecule has 0 aliphatic carbocycles. The number of phenolic OH excluding ortho intramolecular Hbond substituents is 1. The second-order valence-electron chi connectivity index (χ2n) is 3.94. The summed E-state index contributed by atoms with van der Waals surface area (Å²) in [4.78, 5) is 13.3. The van der Waals surface area contributed by atoms with Crippen LogP contribution in [0.25, 0.3) is 0 Å². The first-order chi connectivity index (χ1) is 8.62. The first kappa shape index (κ1) is 14.3. The maximum Gasteiger partial charge on any atom is 0.233 e. The van der Waals surface area contributed by atoms with Gasteiger partial charge in [-0.25, -0.2) is 0 Å². The zero-order valence-corrected chi connectivity index (χ0v) is 11.1. The topological polar surface area (TPSA) is 61.8 Å². The van der Waals surface area contributed by atoms with Crippen molar-refractivity contribution in [3.8, 4) is 11.5 Å². The zero-order chi connectivity index (χ0) is 13.5. The van der Waals surface area contributed by atoms with E-state index in [9.17, 15) is 9.90 Å². The number of hydrogen-bond acceptors (Lipinski definition) is 4. The van der Waals surface area contributed by atoms with Crippen molar-refractivity contribution in [1.29, 1.82) is 0 Å². The number of phenols is 1. The van der Waals surface area contributed by atoms with Crippen molar-refractivity contribution in [3.63, 3.8) is 0 Å². The Morgan fingerprint density at radius 3 is 2.78 bits per heavy atom. The van der Waals surface area contributed by atoms with Crippen molar-refractivity contribution < 1.29 is 14.6 Å². The minimum atomic E-state index is -0.0424. The summed E-state index contributed by atoms with van der Waals surface area (Å²) in [6.07, 6.45) is 0. The first-order valence-electron chi connectivity index (χ1n) is 5.90. The lowest BCUT2D eigenvalue weighted by atomic mass is 10.1. The Hall–Kier alpha value is -1.75. The number of rotatable bonds is 6. The van der Waals surface area contributed by atoms with E-state index in [1.54, 1.807) is 13.1 Å². The van der Waals surface area contributed by atoms with Crippen LogP contribution in [0.3, 0.4) is 0 Å². The Morgan fingerprint density at radius 2 is 2.22 bits per heavy atom. The fourth-order valence-corrected chi connectivity index (χ4v) is 1.66. The number of amides is 1. The van der Waals surface area contributed by atoms with Crippen LogP contribution >= 0.6 is 0 Å². The number of carbonyl (C=O) groups excluding carboxylic acids is 1. The van der Waals surface area contributed by atoms with Gasteiger partial charge in [-0.3, -0.25) is 9.69 Å². The SMILES string of the molecule is CCN(CC(=O)NC)Cc1cccc(OC)c1O. The normalized spacial score (nSPS) is 10.4. The average molecular weight is 252 g/mol. The quantitative estimate of drug-likeness (QED) is 0.792. The Kier molecular flexibility index (Phi) is 5.45. The molecular formula is C13H20N2O3. The number of hydrogen-bond donors (Lipinski definition) is 2. The molecule has 1 aromatic rings. The van der Waals surface area contributed by atoms with E-state index in [1.807, 2.05) is 24.0 Å². The number of carbonyl (C=O) groups is 1. The van der Waals surface area contributed by atoms with Crippen molar-refractivity contribution in [3.05, 3.63) is 23.8 Å². The second-order valence-corrected chi connectivity index (χ2v) is 3.94. The summed E-state index contributed by atoms with van der Waals surface area (Å²) in [5.74, 6) is 0.540. The molecule has 2 N–H and O–H groups in total. The van der Waals surface area contributed by atoms with Gasteiger partial charge in [-0.1, -0.05) is 19.1 Å². The van der Waals surface area contributed by atoms with Gasteiger partial charge in [0.1, 0.15) is 0 Å². The van der Waals surface area contributed by atoms with Crippen LogP contribution in [0.5, 0.6) is 11.5 Å². The highest BCUT2D eigenvalue weighted by atomic mass is 16.5. The minimum absolute atomic E-state index is 0.0424. The van der Waals surface area contributed by atoms with E-state index < -0.39 is 0 Å². The molecular weight excluding hydrogens is 232 g/mol. The smallest absolute Gasteiger partial charge is 0.233 e. The van der Waals surface area contributed by atoms with Crippen molar-refractivity contribution >= 4 is 5.91 Å². The summed E-state index contributed by atoms with van der Waals surface area (Å²) in [5, 5.41) is 12.6. The standard InChI is InChI=1S/C13H20N2O3/c1-4-15(9-12(16)14-2)8-10-6-5-7-11(18-3)13(10)17/h5-7,17H,4,8-9H2,1-3H3,(H,14,16). The fraction of sp³-hybridized carbons (Fsp3) is 0.462. The van der Waals surface area contributed by atoms with Gasteiger partial charge in [0, 0.05) is 19.2 Å². The van der Waals surface area contributed by atoms with Gasteiger partial charge >= 0.3 is 0 Å². The molecule has 5 nitrogen and oxygen atoms in total. The Morgan fingerprint density at radius 1 is 1.50 bits per heavy atom. The maximum atomic E-state index is 11.3. The predicted octanol–water partition coefficient (Wildman–Crippen LogP) is 0.969. The molecule has 1 aromatic carbocycles. The van der Waals surface area contributed by atoms with Crippen molar-refractivity contribution in [1.82, 2.24) is 10.2 Å². The molecule has 1 rings (SSSR count). The number of likely N-dealkylation sites (N-methyl/N-ethyl adjacent to an activating group) is 2. The van der Waals surface area contributed by atoms with Crippen LogP contribution in [0.2, 0.25) is 0 Å². The molecule has 1 amide bonds. The Balaban J connectivity index is 2.78. The number of methoxy groups -OCH3 is 1. The number of benzene rings is 1. The van der Waals surface area contributed by atoms with Crippen molar-refractivity contribution in [2.24, 2.45) is 0 Å². The molecule has 5 heteroatoms. The van der Waals surface area contributed by atoms with E-state index in [0.29, 0.717) is 18.8 Å². The molecule has 0 aliphatic rings. The van der Waals surface area contributed by atoms with Gasteiger partial charge in [0.15, 0.2) is 11.5 Å². The molecule has 0 bridgehead atoms. The molecule has 0 unspecified atom stereocenters. The lowest BCUT2D eigenvalue weighted by Crippen LogP contribution is -2.35. The number of para-hydroxylation sites is 1. The van der Waals surface area contributed by atoms with E-state index in [2.05, 4.69) is 5.32 Å². The predicted molar refractivity (Wildman–Crippen MR) is 69.7 cm³/mol. The van der Waals surface area contributed by atoms with Crippen LogP contribution in [0.4, 0.5) is 0 Å². The molecule has 0 spiro atoms. The summed E-state index contributed by atoms with van der Waals surface area (Å²) in [5.41, 5.74) is 0.750. The number of ether oxygens (including phenoxy) is 1. The van der Waals surface area contributed by atoms with Gasteiger partial charge in [0.2, 0.25) is 5.91 Å². The highest BCUT2D eigenvalue weighted by Crippen LogP contribution is 2.30. The number of aromatic hydroxyl groups is 1. The minimum Gasteiger partial charge on any atom is -0.504 e. The van der Waals surface area contributed by atoms with Gasteiger partial charge in [0.25, 0.3) is 0 Å². The van der Waals surface area contributed by atoms with Crippen LogP contribution in [0, 0.1) is 0 Å². The summed E-state index contributed by atoms with van der Waals surface area (Å²) in [7, 11) is 3.13. The zero-order valence-electron chi connectivity index (χ0n) is 11.1. The summed E-state index contributed by atoms with van der Waals surface area (Å²) >= 11 is 0. The van der Waals surface area contributed by atoms with Gasteiger partial charge in [-0.2, -0.15) is 0 Å². The Bertz CT molecular complexity index is 407. The molecule has 0 aliphatic heterocycles. The molecule has 0 saturated carbocycles. The maximum absolute atomic E-state index is 11.3. The highest BCUT2D eigenvalue weighted by Gasteiger charge is 2.13. The van der Waals surface area contributed by atoms with E-state index in [0.717, 1.165) is 12.1 Å². The molecule has 0 radical (unpaired) electrons. The van der Waals surface area contributed by atoms with Gasteiger partial charge < -0.3 is 15.2 Å². The van der Waals surface area contributed by atoms with E-state index in [4.69, 9.17) is 4.74 Å². The second kappa shape index (κ2) is 6.86. The molecule has 0 heterocycles. The van der Waals surface area contributed by atoms with Crippen LogP contribution in [0.15, 0.2) is 18.2 Å². The third-order valence-corrected chi connectivity index (χ3v) is 2.79. The third-order valence-electron chi connectivity index (χ3n) is 2.79. The van der Waals surface area contributed by atoms with Gasteiger partial charge in [-0.15, -0.1) is 0 Å². The summed E-state index contributed by atoms with van der Waals surface area (Å²) in [6, 6.07) is 5.35. The molecule has 100 valence electrons.